The van der Waals surface area contributed by atoms with Crippen LogP contribution in [0.2, 0.25) is 0 Å². The summed E-state index contributed by atoms with van der Waals surface area (Å²) in [7, 11) is 0. The molecule has 0 aliphatic carbocycles. The molecule has 2 aromatic rings. The molecular formula is C17H17N3O5. The summed E-state index contributed by atoms with van der Waals surface area (Å²) in [6.07, 6.45) is 0.0508. The Hall–Kier alpha value is -3.16. The van der Waals surface area contributed by atoms with E-state index in [1.54, 1.807) is 6.92 Å². The molecule has 3 N–H and O–H groups in total. The van der Waals surface area contributed by atoms with Gasteiger partial charge in [-0.1, -0.05) is 18.2 Å². The second-order valence-corrected chi connectivity index (χ2v) is 5.81. The lowest BCUT2D eigenvalue weighted by molar-refractivity contribution is -0.142. The summed E-state index contributed by atoms with van der Waals surface area (Å²) in [6.45, 7) is 1.42. The van der Waals surface area contributed by atoms with Gasteiger partial charge >= 0.3 is 12.0 Å². The fourth-order valence-corrected chi connectivity index (χ4v) is 2.85. The third-order valence-electron chi connectivity index (χ3n) is 4.03. The van der Waals surface area contributed by atoms with Gasteiger partial charge in [-0.2, -0.15) is 0 Å². The molecule has 130 valence electrons. The molecule has 2 heterocycles. The summed E-state index contributed by atoms with van der Waals surface area (Å²) >= 11 is 0. The summed E-state index contributed by atoms with van der Waals surface area (Å²) in [5, 5.41) is 5.26. The summed E-state index contributed by atoms with van der Waals surface area (Å²) in [4.78, 5) is 49.7. The molecule has 1 aliphatic rings. The van der Waals surface area contributed by atoms with Crippen LogP contribution in [-0.4, -0.2) is 41.3 Å². The van der Waals surface area contributed by atoms with E-state index in [2.05, 4.69) is 15.6 Å². The molecule has 0 unspecified atom stereocenters. The van der Waals surface area contributed by atoms with Crippen molar-refractivity contribution in [3.05, 3.63) is 35.5 Å². The van der Waals surface area contributed by atoms with E-state index >= 15 is 0 Å². The van der Waals surface area contributed by atoms with Crippen LogP contribution < -0.4 is 10.6 Å². The van der Waals surface area contributed by atoms with E-state index in [-0.39, 0.29) is 25.2 Å². The van der Waals surface area contributed by atoms with Gasteiger partial charge < -0.3 is 15.0 Å². The molecule has 8 heteroatoms. The highest BCUT2D eigenvalue weighted by Crippen LogP contribution is 2.22. The molecule has 25 heavy (non-hydrogen) atoms. The lowest BCUT2D eigenvalue weighted by Crippen LogP contribution is -2.29. The highest BCUT2D eigenvalue weighted by Gasteiger charge is 2.29. The highest BCUT2D eigenvalue weighted by molar-refractivity contribution is 6.10. The van der Waals surface area contributed by atoms with E-state index in [1.807, 2.05) is 24.3 Å². The number of aryl methyl sites for hydroxylation is 1. The molecule has 0 radical (unpaired) electrons. The van der Waals surface area contributed by atoms with Gasteiger partial charge in [0.05, 0.1) is 0 Å². The lowest BCUT2D eigenvalue weighted by atomic mass is 10.1. The number of nitrogens with one attached hydrogen (secondary N) is 3. The summed E-state index contributed by atoms with van der Waals surface area (Å²) in [5.41, 5.74) is 2.07. The number of carbonyl (C=O) groups is 4. The van der Waals surface area contributed by atoms with E-state index in [1.165, 1.54) is 0 Å². The average Bonchev–Trinajstić information content (AvgIpc) is 3.08. The van der Waals surface area contributed by atoms with Gasteiger partial charge in [0, 0.05) is 28.6 Å². The monoisotopic (exact) mass is 343 g/mol. The molecule has 1 fully saturated rings. The van der Waals surface area contributed by atoms with Crippen LogP contribution in [0.4, 0.5) is 4.79 Å². The molecule has 1 saturated heterocycles. The molecule has 1 aromatic carbocycles. The number of aromatic nitrogens is 1. The van der Waals surface area contributed by atoms with Crippen molar-refractivity contribution >= 4 is 34.6 Å². The van der Waals surface area contributed by atoms with Crippen molar-refractivity contribution in [1.29, 1.82) is 0 Å². The summed E-state index contributed by atoms with van der Waals surface area (Å²) in [6, 6.07) is 6.07. The Bertz CT molecular complexity index is 870. The van der Waals surface area contributed by atoms with Gasteiger partial charge in [0.1, 0.15) is 6.04 Å². The maximum atomic E-state index is 12.4. The number of esters is 1. The predicted octanol–water partition coefficient (Wildman–Crippen LogP) is 1.19. The first-order chi connectivity index (χ1) is 12.0. The van der Waals surface area contributed by atoms with Crippen LogP contribution in [0, 0.1) is 6.92 Å². The summed E-state index contributed by atoms with van der Waals surface area (Å²) < 4.78 is 5.01. The Kier molecular flexibility index (Phi) is 4.51. The first kappa shape index (κ1) is 16.7. The number of carbonyl (C=O) groups excluding carboxylic acids is 4. The number of Topliss-reactive ketones (excluding diaryl/α,β-unsaturated/α-hetero) is 1. The molecule has 8 nitrogen and oxygen atoms in total. The molecule has 1 atom stereocenters. The van der Waals surface area contributed by atoms with Crippen LogP contribution in [0.15, 0.2) is 24.3 Å². The molecule has 0 spiro atoms. The molecule has 0 bridgehead atoms. The number of amides is 3. The highest BCUT2D eigenvalue weighted by atomic mass is 16.5. The second kappa shape index (κ2) is 6.76. The quantitative estimate of drug-likeness (QED) is 0.414. The SMILES string of the molecule is Cc1[nH]c2ccccc2c1C(=O)COC(=O)CC[C@H]1NC(=O)NC1=O. The third kappa shape index (κ3) is 3.52. The van der Waals surface area contributed by atoms with E-state index < -0.39 is 23.9 Å². The topological polar surface area (TPSA) is 117 Å². The van der Waals surface area contributed by atoms with E-state index in [9.17, 15) is 19.2 Å². The second-order valence-electron chi connectivity index (χ2n) is 5.81. The van der Waals surface area contributed by atoms with Crippen molar-refractivity contribution in [3.8, 4) is 0 Å². The first-order valence-corrected chi connectivity index (χ1v) is 7.83. The van der Waals surface area contributed by atoms with Crippen molar-refractivity contribution in [2.24, 2.45) is 0 Å². The van der Waals surface area contributed by atoms with Crippen molar-refractivity contribution in [1.82, 2.24) is 15.6 Å². The van der Waals surface area contributed by atoms with Crippen molar-refractivity contribution < 1.29 is 23.9 Å². The smallest absolute Gasteiger partial charge is 0.322 e. The zero-order valence-electron chi connectivity index (χ0n) is 13.5. The molecule has 3 rings (SSSR count). The molecule has 3 amide bonds. The lowest BCUT2D eigenvalue weighted by Gasteiger charge is -2.07. The standard InChI is InChI=1S/C17H17N3O5/c1-9-15(10-4-2-3-5-11(10)18-9)13(21)8-25-14(22)7-6-12-16(23)20-17(24)19-12/h2-5,12,18H,6-8H2,1H3,(H2,19,20,23,24)/t12-/m1/s1. The van der Waals surface area contributed by atoms with E-state index in [0.717, 1.165) is 10.9 Å². The summed E-state index contributed by atoms with van der Waals surface area (Å²) in [5.74, 6) is -1.36. The number of imide groups is 1. The van der Waals surface area contributed by atoms with E-state index in [0.29, 0.717) is 11.3 Å². The number of rotatable bonds is 6. The third-order valence-corrected chi connectivity index (χ3v) is 4.03. The number of ketones is 1. The average molecular weight is 343 g/mol. The molecule has 1 aromatic heterocycles. The Labute approximate surface area is 142 Å². The zero-order valence-corrected chi connectivity index (χ0v) is 13.5. The molecular weight excluding hydrogens is 326 g/mol. The minimum atomic E-state index is -0.744. The van der Waals surface area contributed by atoms with Gasteiger partial charge in [-0.15, -0.1) is 0 Å². The zero-order chi connectivity index (χ0) is 18.0. The molecule has 0 saturated carbocycles. The van der Waals surface area contributed by atoms with Gasteiger partial charge in [0.2, 0.25) is 5.78 Å². The molecule has 1 aliphatic heterocycles. The van der Waals surface area contributed by atoms with Crippen LogP contribution in [0.25, 0.3) is 10.9 Å². The van der Waals surface area contributed by atoms with Gasteiger partial charge in [0.15, 0.2) is 6.61 Å². The number of urea groups is 1. The number of benzene rings is 1. The number of aromatic amines is 1. The van der Waals surface area contributed by atoms with Crippen molar-refractivity contribution in [2.75, 3.05) is 6.61 Å². The number of ether oxygens (including phenoxy) is 1. The maximum Gasteiger partial charge on any atom is 0.322 e. The van der Waals surface area contributed by atoms with Crippen LogP contribution in [0.1, 0.15) is 28.9 Å². The Morgan fingerprint density at radius 1 is 1.20 bits per heavy atom. The van der Waals surface area contributed by atoms with Gasteiger partial charge in [-0.3, -0.25) is 19.7 Å². The van der Waals surface area contributed by atoms with Crippen LogP contribution in [-0.2, 0) is 14.3 Å². The normalized spacial score (nSPS) is 16.6. The fraction of sp³-hybridized carbons (Fsp3) is 0.294. The van der Waals surface area contributed by atoms with Gasteiger partial charge in [-0.05, 0) is 19.4 Å². The van der Waals surface area contributed by atoms with E-state index in [4.69, 9.17) is 4.74 Å². The number of hydrogen-bond acceptors (Lipinski definition) is 5. The van der Waals surface area contributed by atoms with Crippen molar-refractivity contribution in [2.45, 2.75) is 25.8 Å². The largest absolute Gasteiger partial charge is 0.457 e. The number of para-hydroxylation sites is 1. The van der Waals surface area contributed by atoms with Gasteiger partial charge in [-0.25, -0.2) is 4.79 Å². The number of H-pyrrole nitrogens is 1. The van der Waals surface area contributed by atoms with Crippen LogP contribution in [0.5, 0.6) is 0 Å². The Morgan fingerprint density at radius 2 is 1.96 bits per heavy atom. The predicted molar refractivity (Wildman–Crippen MR) is 88.0 cm³/mol. The minimum absolute atomic E-state index is 0.0709. The Balaban J connectivity index is 1.55. The van der Waals surface area contributed by atoms with Crippen LogP contribution in [0.3, 0.4) is 0 Å². The Morgan fingerprint density at radius 3 is 2.68 bits per heavy atom. The maximum absolute atomic E-state index is 12.4. The van der Waals surface area contributed by atoms with Crippen LogP contribution >= 0.6 is 0 Å². The number of hydrogen-bond donors (Lipinski definition) is 3. The first-order valence-electron chi connectivity index (χ1n) is 7.83. The number of fused-ring (bicyclic) bond motifs is 1. The van der Waals surface area contributed by atoms with Crippen molar-refractivity contribution in [3.63, 3.8) is 0 Å². The van der Waals surface area contributed by atoms with Gasteiger partial charge in [0.25, 0.3) is 5.91 Å². The fourth-order valence-electron chi connectivity index (χ4n) is 2.85. The minimum Gasteiger partial charge on any atom is -0.457 e.